The molecule has 104 valence electrons. The second kappa shape index (κ2) is 5.31. The maximum Gasteiger partial charge on any atom is 0.162 e. The maximum atomic E-state index is 4.88. The summed E-state index contributed by atoms with van der Waals surface area (Å²) in [5.41, 5.74) is 4.84. The average Bonchev–Trinajstić information content (AvgIpc) is 3.24. The minimum absolute atomic E-state index is 0.625. The third-order valence-electron chi connectivity index (χ3n) is 3.78. The van der Waals surface area contributed by atoms with Crippen molar-refractivity contribution in [3.63, 3.8) is 0 Å². The highest BCUT2D eigenvalue weighted by Crippen LogP contribution is 2.43. The molecule has 1 aromatic carbocycles. The van der Waals surface area contributed by atoms with E-state index in [2.05, 4.69) is 60.0 Å². The van der Waals surface area contributed by atoms with Gasteiger partial charge in [0.2, 0.25) is 0 Å². The van der Waals surface area contributed by atoms with E-state index in [9.17, 15) is 0 Å². The van der Waals surface area contributed by atoms with Crippen molar-refractivity contribution in [2.45, 2.75) is 32.6 Å². The molecule has 1 N–H and O–H groups in total. The fraction of sp³-hybridized carbons (Fsp3) is 0.375. The van der Waals surface area contributed by atoms with Crippen LogP contribution < -0.4 is 5.32 Å². The van der Waals surface area contributed by atoms with Gasteiger partial charge in [-0.05, 0) is 60.4 Å². The molecule has 0 amide bonds. The average molecular weight is 379 g/mol. The summed E-state index contributed by atoms with van der Waals surface area (Å²) in [6.07, 6.45) is 2.50. The molecule has 0 aliphatic heterocycles. The molecule has 2 aromatic rings. The molecule has 0 atom stereocenters. The van der Waals surface area contributed by atoms with Crippen LogP contribution in [-0.4, -0.2) is 17.0 Å². The minimum Gasteiger partial charge on any atom is -0.372 e. The van der Waals surface area contributed by atoms with Crippen LogP contribution >= 0.6 is 22.6 Å². The van der Waals surface area contributed by atoms with Crippen LogP contribution in [0.3, 0.4) is 0 Å². The topological polar surface area (TPSA) is 37.8 Å². The van der Waals surface area contributed by atoms with E-state index >= 15 is 0 Å². The number of anilines is 1. The third kappa shape index (κ3) is 2.41. The molecule has 1 saturated carbocycles. The largest absolute Gasteiger partial charge is 0.372 e. The molecule has 1 aromatic heterocycles. The van der Waals surface area contributed by atoms with Crippen molar-refractivity contribution in [2.24, 2.45) is 0 Å². The second-order valence-corrected chi connectivity index (χ2v) is 6.46. The van der Waals surface area contributed by atoms with E-state index in [1.807, 2.05) is 7.05 Å². The quantitative estimate of drug-likeness (QED) is 0.809. The molecule has 0 saturated heterocycles. The van der Waals surface area contributed by atoms with Crippen molar-refractivity contribution in [3.05, 3.63) is 38.6 Å². The summed E-state index contributed by atoms with van der Waals surface area (Å²) in [4.78, 5) is 9.60. The summed E-state index contributed by atoms with van der Waals surface area (Å²) in [6, 6.07) is 6.33. The Balaban J connectivity index is 2.21. The minimum atomic E-state index is 0.625. The van der Waals surface area contributed by atoms with Gasteiger partial charge in [0.05, 0.1) is 9.26 Å². The van der Waals surface area contributed by atoms with Gasteiger partial charge in [0.25, 0.3) is 0 Å². The van der Waals surface area contributed by atoms with E-state index in [0.29, 0.717) is 5.92 Å². The molecule has 1 heterocycles. The first kappa shape index (κ1) is 13.8. The van der Waals surface area contributed by atoms with E-state index in [-0.39, 0.29) is 0 Å². The van der Waals surface area contributed by atoms with Crippen molar-refractivity contribution in [1.29, 1.82) is 0 Å². The van der Waals surface area contributed by atoms with Crippen LogP contribution in [-0.2, 0) is 0 Å². The molecule has 0 unspecified atom stereocenters. The molecular formula is C16H18IN3. The summed E-state index contributed by atoms with van der Waals surface area (Å²) >= 11 is 2.36. The first-order valence-electron chi connectivity index (χ1n) is 6.93. The molecule has 0 bridgehead atoms. The van der Waals surface area contributed by atoms with Gasteiger partial charge in [-0.25, -0.2) is 9.97 Å². The van der Waals surface area contributed by atoms with Gasteiger partial charge in [-0.3, -0.25) is 0 Å². The lowest BCUT2D eigenvalue weighted by Crippen LogP contribution is -2.06. The number of nitrogens with one attached hydrogen (secondary N) is 1. The number of aryl methyl sites for hydroxylation is 2. The van der Waals surface area contributed by atoms with Gasteiger partial charge < -0.3 is 5.32 Å². The van der Waals surface area contributed by atoms with Crippen molar-refractivity contribution < 1.29 is 0 Å². The number of halogens is 1. The Morgan fingerprint density at radius 2 is 1.80 bits per heavy atom. The Morgan fingerprint density at radius 1 is 1.15 bits per heavy atom. The van der Waals surface area contributed by atoms with Crippen LogP contribution in [0.4, 0.5) is 5.82 Å². The lowest BCUT2D eigenvalue weighted by atomic mass is 10.0. The molecule has 0 radical (unpaired) electrons. The number of rotatable bonds is 3. The zero-order valence-corrected chi connectivity index (χ0v) is 14.2. The highest BCUT2D eigenvalue weighted by molar-refractivity contribution is 14.1. The summed E-state index contributed by atoms with van der Waals surface area (Å²) in [5, 5.41) is 3.21. The fourth-order valence-electron chi connectivity index (χ4n) is 2.54. The van der Waals surface area contributed by atoms with Crippen LogP contribution in [0.5, 0.6) is 0 Å². The fourth-order valence-corrected chi connectivity index (χ4v) is 3.49. The van der Waals surface area contributed by atoms with E-state index in [0.717, 1.165) is 11.6 Å². The van der Waals surface area contributed by atoms with Crippen LogP contribution in [0.2, 0.25) is 0 Å². The Hall–Kier alpha value is -1.17. The van der Waals surface area contributed by atoms with Crippen LogP contribution in [0.15, 0.2) is 18.2 Å². The predicted octanol–water partition coefficient (Wildman–Crippen LogP) is 4.28. The van der Waals surface area contributed by atoms with E-state index in [1.54, 1.807) is 0 Å². The van der Waals surface area contributed by atoms with E-state index in [1.165, 1.54) is 38.8 Å². The number of aromatic nitrogens is 2. The highest BCUT2D eigenvalue weighted by Gasteiger charge is 2.29. The number of hydrogen-bond donors (Lipinski definition) is 1. The maximum absolute atomic E-state index is 4.88. The molecule has 1 aliphatic rings. The standard InChI is InChI=1S/C16H18IN3/c1-9-5-4-6-10(2)12(9)15-19-14(11-7-8-11)13(17)16(18-3)20-15/h4-6,11H,7-8H2,1-3H3,(H,18,19,20). The number of hydrogen-bond acceptors (Lipinski definition) is 3. The summed E-state index contributed by atoms with van der Waals surface area (Å²) < 4.78 is 1.17. The molecule has 0 spiro atoms. The first-order valence-corrected chi connectivity index (χ1v) is 8.01. The van der Waals surface area contributed by atoms with Crippen LogP contribution in [0.1, 0.15) is 35.6 Å². The third-order valence-corrected chi connectivity index (χ3v) is 4.85. The molecule has 3 nitrogen and oxygen atoms in total. The SMILES string of the molecule is CNc1nc(-c2c(C)cccc2C)nc(C2CC2)c1I. The first-order chi connectivity index (χ1) is 9.61. The highest BCUT2D eigenvalue weighted by atomic mass is 127. The van der Waals surface area contributed by atoms with Gasteiger partial charge >= 0.3 is 0 Å². The Bertz CT molecular complexity index is 643. The van der Waals surface area contributed by atoms with Crippen LogP contribution in [0.25, 0.3) is 11.4 Å². The van der Waals surface area contributed by atoms with Crippen LogP contribution in [0, 0.1) is 17.4 Å². The molecule has 3 rings (SSSR count). The summed E-state index contributed by atoms with van der Waals surface area (Å²) in [7, 11) is 1.93. The molecule has 1 aliphatic carbocycles. The molecular weight excluding hydrogens is 361 g/mol. The summed E-state index contributed by atoms with van der Waals surface area (Å²) in [6.45, 7) is 4.25. The van der Waals surface area contributed by atoms with E-state index in [4.69, 9.17) is 9.97 Å². The number of benzene rings is 1. The zero-order chi connectivity index (χ0) is 14.3. The predicted molar refractivity (Wildman–Crippen MR) is 91.2 cm³/mol. The van der Waals surface area contributed by atoms with Crippen molar-refractivity contribution >= 4 is 28.4 Å². The zero-order valence-electron chi connectivity index (χ0n) is 12.0. The monoisotopic (exact) mass is 379 g/mol. The Kier molecular flexibility index (Phi) is 3.67. The lowest BCUT2D eigenvalue weighted by molar-refractivity contribution is 0.976. The normalized spacial score (nSPS) is 14.4. The smallest absolute Gasteiger partial charge is 0.162 e. The van der Waals surface area contributed by atoms with Gasteiger partial charge in [-0.15, -0.1) is 0 Å². The lowest BCUT2D eigenvalue weighted by Gasteiger charge is -2.13. The van der Waals surface area contributed by atoms with E-state index < -0.39 is 0 Å². The van der Waals surface area contributed by atoms with Crippen molar-refractivity contribution in [3.8, 4) is 11.4 Å². The summed E-state index contributed by atoms with van der Waals surface area (Å²) in [5.74, 6) is 2.42. The van der Waals surface area contributed by atoms with Crippen molar-refractivity contribution in [2.75, 3.05) is 12.4 Å². The van der Waals surface area contributed by atoms with Gasteiger partial charge in [-0.1, -0.05) is 18.2 Å². The van der Waals surface area contributed by atoms with Crippen molar-refractivity contribution in [1.82, 2.24) is 9.97 Å². The number of nitrogens with zero attached hydrogens (tertiary/aromatic N) is 2. The second-order valence-electron chi connectivity index (χ2n) is 5.39. The van der Waals surface area contributed by atoms with Gasteiger partial charge in [-0.2, -0.15) is 0 Å². The Morgan fingerprint density at radius 3 is 2.35 bits per heavy atom. The van der Waals surface area contributed by atoms with Gasteiger partial charge in [0.1, 0.15) is 5.82 Å². The molecule has 1 fully saturated rings. The molecule has 20 heavy (non-hydrogen) atoms. The molecule has 4 heteroatoms. The van der Waals surface area contributed by atoms with Gasteiger partial charge in [0, 0.05) is 18.5 Å². The van der Waals surface area contributed by atoms with Gasteiger partial charge in [0.15, 0.2) is 5.82 Å². The Labute approximate surface area is 133 Å².